The van der Waals surface area contributed by atoms with E-state index in [4.69, 9.17) is 0 Å². The third kappa shape index (κ3) is 0.799. The Hall–Kier alpha value is -0.330. The molecule has 0 amide bonds. The van der Waals surface area contributed by atoms with E-state index in [0.29, 0.717) is 17.6 Å². The van der Waals surface area contributed by atoms with Crippen LogP contribution in [-0.4, -0.2) is 5.78 Å². The van der Waals surface area contributed by atoms with Gasteiger partial charge in [0.25, 0.3) is 0 Å². The molecule has 56 valence electrons. The number of ketones is 1. The molecular weight excluding hydrogens is 124 g/mol. The van der Waals surface area contributed by atoms with Gasteiger partial charge in [0.1, 0.15) is 5.78 Å². The van der Waals surface area contributed by atoms with Crippen molar-refractivity contribution in [3.8, 4) is 0 Å². The molecule has 0 aromatic heterocycles. The summed E-state index contributed by atoms with van der Waals surface area (Å²) in [5, 5.41) is 0. The summed E-state index contributed by atoms with van der Waals surface area (Å²) in [7, 11) is 0. The number of carbonyl (C=O) groups is 1. The average Bonchev–Trinajstić information content (AvgIpc) is 2.60. The fourth-order valence-electron chi connectivity index (χ4n) is 2.25. The van der Waals surface area contributed by atoms with E-state index in [1.807, 2.05) is 0 Å². The maximum Gasteiger partial charge on any atom is 0.139 e. The molecule has 0 spiro atoms. The Kier molecular flexibility index (Phi) is 1.33. The fourth-order valence-corrected chi connectivity index (χ4v) is 2.25. The van der Waals surface area contributed by atoms with Gasteiger partial charge in [-0.25, -0.2) is 0 Å². The first-order chi connectivity index (χ1) is 4.83. The lowest BCUT2D eigenvalue weighted by atomic mass is 9.97. The minimum atomic E-state index is 0.466. The van der Waals surface area contributed by atoms with Crippen LogP contribution in [0.4, 0.5) is 0 Å². The Morgan fingerprint density at radius 1 is 1.50 bits per heavy atom. The number of hydrogen-bond acceptors (Lipinski definition) is 1. The van der Waals surface area contributed by atoms with Crippen molar-refractivity contribution in [3.63, 3.8) is 0 Å². The summed E-state index contributed by atoms with van der Waals surface area (Å²) in [6, 6.07) is 0. The first kappa shape index (κ1) is 6.38. The zero-order valence-corrected chi connectivity index (χ0v) is 6.47. The Balaban J connectivity index is 1.95. The highest BCUT2D eigenvalue weighted by Crippen LogP contribution is 2.52. The van der Waals surface area contributed by atoms with Crippen molar-refractivity contribution in [2.45, 2.75) is 32.6 Å². The van der Waals surface area contributed by atoms with Gasteiger partial charge in [0.2, 0.25) is 0 Å². The molecule has 2 aliphatic rings. The number of Topliss-reactive ketones (excluding diaryl/α,β-unsaturated/α-hetero) is 1. The van der Waals surface area contributed by atoms with E-state index < -0.39 is 0 Å². The van der Waals surface area contributed by atoms with Crippen LogP contribution in [0.2, 0.25) is 0 Å². The predicted octanol–water partition coefficient (Wildman–Crippen LogP) is 2.01. The summed E-state index contributed by atoms with van der Waals surface area (Å²) in [6.07, 6.45) is 4.76. The molecule has 2 fully saturated rings. The van der Waals surface area contributed by atoms with Crippen molar-refractivity contribution in [1.29, 1.82) is 0 Å². The van der Waals surface area contributed by atoms with E-state index >= 15 is 0 Å². The maximum absolute atomic E-state index is 11.3. The number of fused-ring (bicyclic) bond motifs is 1. The molecule has 1 heteroatoms. The van der Waals surface area contributed by atoms with Gasteiger partial charge in [-0.2, -0.15) is 0 Å². The highest BCUT2D eigenvalue weighted by molar-refractivity contribution is 5.88. The van der Waals surface area contributed by atoms with Gasteiger partial charge < -0.3 is 0 Å². The molecule has 2 aliphatic carbocycles. The third-order valence-corrected chi connectivity index (χ3v) is 2.91. The Bertz CT molecular complexity index is 162. The molecule has 2 saturated carbocycles. The van der Waals surface area contributed by atoms with Gasteiger partial charge in [-0.3, -0.25) is 4.79 Å². The molecule has 0 unspecified atom stereocenters. The minimum Gasteiger partial charge on any atom is -0.299 e. The number of hydrogen-bond donors (Lipinski definition) is 0. The molecule has 0 bridgehead atoms. The van der Waals surface area contributed by atoms with Crippen molar-refractivity contribution in [1.82, 2.24) is 0 Å². The topological polar surface area (TPSA) is 17.1 Å². The first-order valence-corrected chi connectivity index (χ1v) is 4.36. The second-order valence-electron chi connectivity index (χ2n) is 3.73. The zero-order valence-electron chi connectivity index (χ0n) is 6.47. The zero-order chi connectivity index (χ0) is 7.14. The third-order valence-electron chi connectivity index (χ3n) is 2.91. The summed E-state index contributed by atoms with van der Waals surface area (Å²) in [4.78, 5) is 11.3. The van der Waals surface area contributed by atoms with Gasteiger partial charge in [0, 0.05) is 11.8 Å². The molecule has 0 radical (unpaired) electrons. The van der Waals surface area contributed by atoms with Gasteiger partial charge in [0.15, 0.2) is 0 Å². The molecule has 2 rings (SSSR count). The molecule has 0 saturated heterocycles. The first-order valence-electron chi connectivity index (χ1n) is 4.36. The maximum atomic E-state index is 11.3. The molecule has 0 aromatic rings. The van der Waals surface area contributed by atoms with Gasteiger partial charge >= 0.3 is 0 Å². The standard InChI is InChI=1S/C9H14O/c1-2-3-6-4-7-5-8(7)9(6)10/h6-8H,2-5H2,1H3/t6-,7-,8+/m0/s1. The molecule has 0 aromatic carbocycles. The van der Waals surface area contributed by atoms with E-state index in [9.17, 15) is 4.79 Å². The normalized spacial score (nSPS) is 43.7. The van der Waals surface area contributed by atoms with Crippen LogP contribution in [-0.2, 0) is 4.79 Å². The molecule has 3 atom stereocenters. The Morgan fingerprint density at radius 2 is 2.30 bits per heavy atom. The summed E-state index contributed by atoms with van der Waals surface area (Å²) in [5.41, 5.74) is 0. The summed E-state index contributed by atoms with van der Waals surface area (Å²) in [6.45, 7) is 2.16. The average molecular weight is 138 g/mol. The predicted molar refractivity (Wildman–Crippen MR) is 39.6 cm³/mol. The van der Waals surface area contributed by atoms with E-state index in [-0.39, 0.29) is 0 Å². The van der Waals surface area contributed by atoms with Crippen LogP contribution in [0.3, 0.4) is 0 Å². The molecule has 0 heterocycles. The molecular formula is C9H14O. The van der Waals surface area contributed by atoms with E-state index in [1.165, 1.54) is 19.3 Å². The summed E-state index contributed by atoms with van der Waals surface area (Å²) < 4.78 is 0. The molecule has 10 heavy (non-hydrogen) atoms. The van der Waals surface area contributed by atoms with E-state index in [2.05, 4.69) is 6.92 Å². The van der Waals surface area contributed by atoms with Crippen LogP contribution >= 0.6 is 0 Å². The van der Waals surface area contributed by atoms with Crippen LogP contribution in [0.15, 0.2) is 0 Å². The minimum absolute atomic E-state index is 0.466. The Labute approximate surface area is 61.8 Å². The van der Waals surface area contributed by atoms with Crippen molar-refractivity contribution < 1.29 is 4.79 Å². The highest BCUT2D eigenvalue weighted by Gasteiger charge is 2.52. The molecule has 1 nitrogen and oxygen atoms in total. The lowest BCUT2D eigenvalue weighted by molar-refractivity contribution is -0.122. The quantitative estimate of drug-likeness (QED) is 0.570. The lowest BCUT2D eigenvalue weighted by Gasteiger charge is -2.06. The van der Waals surface area contributed by atoms with Crippen molar-refractivity contribution in [3.05, 3.63) is 0 Å². The van der Waals surface area contributed by atoms with Gasteiger partial charge in [-0.05, 0) is 25.2 Å². The van der Waals surface area contributed by atoms with Crippen LogP contribution in [0.5, 0.6) is 0 Å². The van der Waals surface area contributed by atoms with Gasteiger partial charge in [-0.15, -0.1) is 0 Å². The largest absolute Gasteiger partial charge is 0.299 e. The summed E-state index contributed by atoms with van der Waals surface area (Å²) >= 11 is 0. The second-order valence-corrected chi connectivity index (χ2v) is 3.73. The fraction of sp³-hybridized carbons (Fsp3) is 0.889. The smallest absolute Gasteiger partial charge is 0.139 e. The van der Waals surface area contributed by atoms with Crippen molar-refractivity contribution >= 4 is 5.78 Å². The number of carbonyl (C=O) groups excluding carboxylic acids is 1. The second kappa shape index (κ2) is 2.08. The van der Waals surface area contributed by atoms with Crippen LogP contribution in [0, 0.1) is 17.8 Å². The van der Waals surface area contributed by atoms with E-state index in [0.717, 1.165) is 12.3 Å². The Morgan fingerprint density at radius 3 is 2.80 bits per heavy atom. The monoisotopic (exact) mass is 138 g/mol. The molecule has 0 N–H and O–H groups in total. The van der Waals surface area contributed by atoms with Crippen LogP contribution in [0.25, 0.3) is 0 Å². The van der Waals surface area contributed by atoms with Crippen molar-refractivity contribution in [2.24, 2.45) is 17.8 Å². The SMILES string of the molecule is CCC[C@H]1C[C@H]2C[C@H]2C1=O. The molecule has 0 aliphatic heterocycles. The highest BCUT2D eigenvalue weighted by atomic mass is 16.1. The summed E-state index contributed by atoms with van der Waals surface area (Å²) in [5.74, 6) is 2.40. The van der Waals surface area contributed by atoms with Crippen LogP contribution < -0.4 is 0 Å². The van der Waals surface area contributed by atoms with Gasteiger partial charge in [-0.1, -0.05) is 13.3 Å². The van der Waals surface area contributed by atoms with Gasteiger partial charge in [0.05, 0.1) is 0 Å². The van der Waals surface area contributed by atoms with E-state index in [1.54, 1.807) is 0 Å². The lowest BCUT2D eigenvalue weighted by Crippen LogP contribution is -2.10. The van der Waals surface area contributed by atoms with Crippen molar-refractivity contribution in [2.75, 3.05) is 0 Å². The van der Waals surface area contributed by atoms with Crippen LogP contribution in [0.1, 0.15) is 32.6 Å². The number of rotatable bonds is 2.